The van der Waals surface area contributed by atoms with E-state index >= 15 is 0 Å². The Morgan fingerprint density at radius 1 is 0.547 bits per heavy atom. The molecule has 6 heterocycles. The third-order valence-electron chi connectivity index (χ3n) is 16.6. The number of anilines is 2. The minimum atomic E-state index is -3.66. The van der Waals surface area contributed by atoms with E-state index in [4.69, 9.17) is 8.83 Å². The predicted octanol–water partition coefficient (Wildman–Crippen LogP) is 13.5. The van der Waals surface area contributed by atoms with Crippen molar-refractivity contribution in [2.45, 2.75) is 64.2 Å². The summed E-state index contributed by atoms with van der Waals surface area (Å²) in [5.41, 5.74) is 7.59. The number of piperidine rings is 2. The van der Waals surface area contributed by atoms with Crippen LogP contribution in [0.2, 0.25) is 0 Å². The number of aromatic amines is 2. The molecule has 0 aliphatic carbocycles. The molecule has 86 heavy (non-hydrogen) atoms. The molecule has 0 radical (unpaired) electrons. The van der Waals surface area contributed by atoms with Gasteiger partial charge in [-0.15, -0.1) is 0 Å². The van der Waals surface area contributed by atoms with Gasteiger partial charge < -0.3 is 28.6 Å². The Balaban J connectivity index is 0.000000179. The molecule has 10 aromatic rings. The standard InChI is InChI=1S/2C33H32FN3O5S/c2*1-4-29(38)31-25-17-24(22-9-7-15-37(19-22)33(39)27-16-21-8-5-6-10-26(21)35-27)28(36(2)43(3,40)41)18-30(25)42-32(31)20-11-13-23(34)14-12-20/h2*5-6,8,10-14,16-18,22,35H,4,7,9,15,19H2,1-3H3/t2*22-/m10/s1. The molecule has 0 spiro atoms. The number of carbonyl (C=O) groups excluding carboxylic acids is 4. The second-order valence-corrected chi connectivity index (χ2v) is 26.2. The highest BCUT2D eigenvalue weighted by Gasteiger charge is 2.35. The lowest BCUT2D eigenvalue weighted by molar-refractivity contribution is 0.0695. The smallest absolute Gasteiger partial charge is 0.270 e. The van der Waals surface area contributed by atoms with Crippen molar-refractivity contribution in [3.8, 4) is 22.6 Å². The van der Waals surface area contributed by atoms with Gasteiger partial charge in [0.25, 0.3) is 11.8 Å². The largest absolute Gasteiger partial charge is 0.455 e. The summed E-state index contributed by atoms with van der Waals surface area (Å²) in [6.45, 7) is 5.43. The minimum absolute atomic E-state index is 0.122. The number of H-pyrrole nitrogens is 2. The van der Waals surface area contributed by atoms with E-state index in [0.717, 1.165) is 60.0 Å². The number of sulfonamides is 2. The second-order valence-electron chi connectivity index (χ2n) is 22.2. The van der Waals surface area contributed by atoms with E-state index in [1.807, 2.05) is 72.8 Å². The maximum atomic E-state index is 13.7. The molecule has 2 atom stereocenters. The van der Waals surface area contributed by atoms with Crippen LogP contribution in [0.4, 0.5) is 20.2 Å². The lowest BCUT2D eigenvalue weighted by Crippen LogP contribution is -2.39. The van der Waals surface area contributed by atoms with Crippen LogP contribution in [0.3, 0.4) is 0 Å². The number of halogens is 2. The van der Waals surface area contributed by atoms with Gasteiger partial charge in [0.2, 0.25) is 20.0 Å². The van der Waals surface area contributed by atoms with Gasteiger partial charge in [0.05, 0.1) is 35.0 Å². The van der Waals surface area contributed by atoms with Gasteiger partial charge in [0.15, 0.2) is 11.6 Å². The predicted molar refractivity (Wildman–Crippen MR) is 331 cm³/mol. The Bertz CT molecular complexity index is 4180. The fourth-order valence-corrected chi connectivity index (χ4v) is 13.0. The minimum Gasteiger partial charge on any atom is -0.455 e. The Labute approximate surface area is 496 Å². The summed E-state index contributed by atoms with van der Waals surface area (Å²) in [5.74, 6) is -1.12. The first kappa shape index (κ1) is 58.9. The van der Waals surface area contributed by atoms with Crippen molar-refractivity contribution in [2.75, 3.05) is 61.4 Å². The molecule has 2 aliphatic rings. The van der Waals surface area contributed by atoms with Crippen LogP contribution in [0, 0.1) is 11.6 Å². The molecule has 2 saturated heterocycles. The van der Waals surface area contributed by atoms with Crippen LogP contribution in [0.25, 0.3) is 66.4 Å². The van der Waals surface area contributed by atoms with Crippen molar-refractivity contribution in [2.24, 2.45) is 0 Å². The van der Waals surface area contributed by atoms with Gasteiger partial charge in [-0.3, -0.25) is 27.8 Å². The van der Waals surface area contributed by atoms with Crippen LogP contribution in [0.15, 0.2) is 142 Å². The van der Waals surface area contributed by atoms with Crippen molar-refractivity contribution in [1.29, 1.82) is 0 Å². The molecular formula is C66H64F2N6O10S2. The number of fused-ring (bicyclic) bond motifs is 4. The molecule has 0 bridgehead atoms. The molecule has 2 N–H and O–H groups in total. The van der Waals surface area contributed by atoms with Crippen LogP contribution >= 0.6 is 0 Å². The highest BCUT2D eigenvalue weighted by atomic mass is 32.2. The quantitative estimate of drug-likeness (QED) is 0.0985. The molecule has 12 rings (SSSR count). The molecular weight excluding hydrogens is 1140 g/mol. The van der Waals surface area contributed by atoms with Crippen LogP contribution in [0.5, 0.6) is 0 Å². The molecule has 16 nitrogen and oxygen atoms in total. The molecule has 444 valence electrons. The molecule has 20 heteroatoms. The highest BCUT2D eigenvalue weighted by Crippen LogP contribution is 2.45. The van der Waals surface area contributed by atoms with Gasteiger partial charge >= 0.3 is 0 Å². The van der Waals surface area contributed by atoms with Gasteiger partial charge in [0.1, 0.15) is 45.7 Å². The molecule has 2 aliphatic heterocycles. The maximum absolute atomic E-state index is 13.7. The number of rotatable bonds is 14. The number of nitrogens with zero attached hydrogens (tertiary/aromatic N) is 4. The number of nitrogens with one attached hydrogen (secondary N) is 2. The molecule has 0 saturated carbocycles. The number of carbonyl (C=O) groups is 4. The Kier molecular flexibility index (Phi) is 16.1. The first-order valence-corrected chi connectivity index (χ1v) is 32.2. The summed E-state index contributed by atoms with van der Waals surface area (Å²) in [6, 6.07) is 37.5. The summed E-state index contributed by atoms with van der Waals surface area (Å²) in [7, 11) is -4.35. The number of furan rings is 2. The number of likely N-dealkylation sites (tertiary alicyclic amines) is 2. The Morgan fingerprint density at radius 2 is 0.919 bits per heavy atom. The van der Waals surface area contributed by atoms with Crippen LogP contribution in [0.1, 0.15) is 117 Å². The van der Waals surface area contributed by atoms with Crippen LogP contribution in [-0.2, 0) is 20.0 Å². The maximum Gasteiger partial charge on any atom is 0.270 e. The van der Waals surface area contributed by atoms with Gasteiger partial charge in [-0.25, -0.2) is 25.6 Å². The van der Waals surface area contributed by atoms with E-state index in [-0.39, 0.29) is 48.1 Å². The fourth-order valence-electron chi connectivity index (χ4n) is 11.9. The normalized spacial score (nSPS) is 15.7. The lowest BCUT2D eigenvalue weighted by Gasteiger charge is -2.34. The number of hydrogen-bond donors (Lipinski definition) is 2. The van der Waals surface area contributed by atoms with E-state index in [9.17, 15) is 44.8 Å². The lowest BCUT2D eigenvalue weighted by atomic mass is 9.87. The summed E-state index contributed by atoms with van der Waals surface area (Å²) in [4.78, 5) is 63.8. The van der Waals surface area contributed by atoms with Gasteiger partial charge in [-0.05, 0) is 122 Å². The summed E-state index contributed by atoms with van der Waals surface area (Å²) in [6.07, 6.45) is 5.61. The fraction of sp³-hybridized carbons (Fsp3) is 0.273. The molecule has 4 aromatic heterocycles. The van der Waals surface area contributed by atoms with E-state index in [0.29, 0.717) is 116 Å². The third-order valence-corrected chi connectivity index (χ3v) is 19.0. The zero-order chi connectivity index (χ0) is 60.9. The monoisotopic (exact) mass is 1200 g/mol. The Morgan fingerprint density at radius 3 is 1.27 bits per heavy atom. The van der Waals surface area contributed by atoms with Crippen LogP contribution < -0.4 is 8.61 Å². The van der Waals surface area contributed by atoms with E-state index in [1.54, 1.807) is 60.0 Å². The van der Waals surface area contributed by atoms with Crippen LogP contribution in [-0.4, -0.2) is 113 Å². The molecule has 2 amide bonds. The van der Waals surface area contributed by atoms with Gasteiger partial charge in [-0.1, -0.05) is 50.2 Å². The van der Waals surface area contributed by atoms with Gasteiger partial charge in [-0.2, -0.15) is 0 Å². The number of hydrogen-bond acceptors (Lipinski definition) is 10. The highest BCUT2D eigenvalue weighted by molar-refractivity contribution is 7.92. The Hall–Kier alpha value is -8.88. The number of aromatic nitrogens is 2. The average molecular weight is 1200 g/mol. The van der Waals surface area contributed by atoms with Crippen molar-refractivity contribution < 1.29 is 53.6 Å². The molecule has 2 fully saturated rings. The third kappa shape index (κ3) is 11.5. The first-order chi connectivity index (χ1) is 41.1. The average Bonchev–Trinajstić information content (AvgIpc) is 2.18. The van der Waals surface area contributed by atoms with Crippen molar-refractivity contribution in [3.05, 3.63) is 179 Å². The second kappa shape index (κ2) is 23.5. The summed E-state index contributed by atoms with van der Waals surface area (Å²) >= 11 is 0. The van der Waals surface area contributed by atoms with E-state index in [1.165, 1.54) is 47.0 Å². The topological polar surface area (TPSA) is 207 Å². The number of para-hydroxylation sites is 2. The van der Waals surface area contributed by atoms with E-state index < -0.39 is 31.7 Å². The zero-order valence-corrected chi connectivity index (χ0v) is 50.0. The first-order valence-electron chi connectivity index (χ1n) is 28.5. The summed E-state index contributed by atoms with van der Waals surface area (Å²) < 4.78 is 93.3. The number of benzene rings is 6. The van der Waals surface area contributed by atoms with Crippen molar-refractivity contribution >= 4 is 98.5 Å². The zero-order valence-electron chi connectivity index (χ0n) is 48.4. The number of ketones is 2. The molecule has 0 unspecified atom stereocenters. The van der Waals surface area contributed by atoms with Crippen molar-refractivity contribution in [1.82, 2.24) is 19.8 Å². The van der Waals surface area contributed by atoms with Crippen molar-refractivity contribution in [3.63, 3.8) is 0 Å². The molecule has 6 aromatic carbocycles. The number of Topliss-reactive ketones (excluding diaryl/α,β-unsaturated/α-hetero) is 2. The number of amides is 2. The van der Waals surface area contributed by atoms with E-state index in [2.05, 4.69) is 9.97 Å². The SMILES string of the molecule is CCC(=O)c1c(-c2ccc(F)cc2)oc2cc(N(C)S(C)(=O)=O)c([C@@H]3CCCN(C(=O)c4cc5ccccc5[nH]4)C3)cc12.CCC(=O)c1c(-c2ccc(F)cc2)oc2cc(N(C)S(C)(=O)=O)c([C@H]3CCCN(C(=O)c4cc5ccccc5[nH]4)C3)cc12. The van der Waals surface area contributed by atoms with Gasteiger partial charge in [0, 0.05) is 121 Å². The summed E-state index contributed by atoms with van der Waals surface area (Å²) in [5, 5.41) is 3.02.